The molecule has 2 N–H and O–H groups in total. The maximum absolute atomic E-state index is 6.27. The number of nitrogens with two attached hydrogens (primary N) is 1. The first-order valence-corrected chi connectivity index (χ1v) is 6.84. The van der Waals surface area contributed by atoms with E-state index in [0.29, 0.717) is 17.2 Å². The van der Waals surface area contributed by atoms with Crippen LogP contribution in [0, 0.1) is 0 Å². The average molecular weight is 283 g/mol. The van der Waals surface area contributed by atoms with Gasteiger partial charge in [-0.15, -0.1) is 0 Å². The topological polar surface area (TPSA) is 57.4 Å². The van der Waals surface area contributed by atoms with Gasteiger partial charge in [0.1, 0.15) is 0 Å². The Morgan fingerprint density at radius 3 is 2.32 bits per heavy atom. The molecule has 0 atom stereocenters. The summed E-state index contributed by atoms with van der Waals surface area (Å²) in [4.78, 5) is 4.37. The summed E-state index contributed by atoms with van der Waals surface area (Å²) in [5.74, 6) is 0. The Morgan fingerprint density at radius 1 is 1.26 bits per heavy atom. The Morgan fingerprint density at radius 2 is 1.84 bits per heavy atom. The van der Waals surface area contributed by atoms with E-state index >= 15 is 0 Å². The van der Waals surface area contributed by atoms with Gasteiger partial charge < -0.3 is 15.0 Å². The predicted octanol–water partition coefficient (Wildman–Crippen LogP) is 1.54. The van der Waals surface area contributed by atoms with Gasteiger partial charge in [-0.3, -0.25) is 4.98 Å². The quantitative estimate of drug-likeness (QED) is 0.854. The van der Waals surface area contributed by atoms with Crippen molar-refractivity contribution in [3.8, 4) is 0 Å². The van der Waals surface area contributed by atoms with Crippen molar-refractivity contribution in [2.45, 2.75) is 45.3 Å². The minimum Gasteiger partial charge on any atom is -0.398 e. The molecule has 0 unspecified atom stereocenters. The summed E-state index contributed by atoms with van der Waals surface area (Å²) in [5.41, 5.74) is 6.39. The maximum atomic E-state index is 6.27. The van der Waals surface area contributed by atoms with Crippen LogP contribution in [0.3, 0.4) is 0 Å². The second-order valence-electron chi connectivity index (χ2n) is 5.84. The molecule has 0 aromatic carbocycles. The molecule has 2 rings (SSSR count). The molecular formula is C13H20BClN2O2. The van der Waals surface area contributed by atoms with Gasteiger partial charge in [0.2, 0.25) is 0 Å². The van der Waals surface area contributed by atoms with E-state index in [2.05, 4.69) is 4.98 Å². The fourth-order valence-electron chi connectivity index (χ4n) is 1.92. The number of pyridine rings is 1. The van der Waals surface area contributed by atoms with Gasteiger partial charge in [0.25, 0.3) is 0 Å². The van der Waals surface area contributed by atoms with Crippen LogP contribution < -0.4 is 11.3 Å². The molecule has 0 bridgehead atoms. The third kappa shape index (κ3) is 2.79. The molecule has 1 aliphatic rings. The highest BCUT2D eigenvalue weighted by Gasteiger charge is 2.52. The van der Waals surface area contributed by atoms with Crippen LogP contribution in [0.5, 0.6) is 0 Å². The van der Waals surface area contributed by atoms with Crippen LogP contribution in [-0.2, 0) is 15.7 Å². The van der Waals surface area contributed by atoms with Crippen LogP contribution in [-0.4, -0.2) is 29.8 Å². The number of aromatic nitrogens is 1. The van der Waals surface area contributed by atoms with Gasteiger partial charge >= 0.3 is 7.12 Å². The third-order valence-electron chi connectivity index (χ3n) is 3.84. The maximum Gasteiger partial charge on any atom is 0.516 e. The smallest absolute Gasteiger partial charge is 0.398 e. The van der Waals surface area contributed by atoms with Gasteiger partial charge in [-0.2, -0.15) is 0 Å². The van der Waals surface area contributed by atoms with E-state index in [-0.39, 0.29) is 0 Å². The first kappa shape index (κ1) is 14.8. The first-order chi connectivity index (χ1) is 8.77. The van der Waals surface area contributed by atoms with E-state index in [1.165, 1.54) is 0 Å². The lowest BCUT2D eigenvalue weighted by atomic mass is 9.84. The molecule has 0 spiro atoms. The zero-order chi connectivity index (χ0) is 14.3. The minimum atomic E-state index is -0.524. The van der Waals surface area contributed by atoms with Crippen molar-refractivity contribution in [2.75, 3.05) is 6.54 Å². The van der Waals surface area contributed by atoms with Gasteiger partial charge in [-0.25, -0.2) is 0 Å². The third-order valence-corrected chi connectivity index (χ3v) is 4.14. The number of hydrogen-bond acceptors (Lipinski definition) is 4. The highest BCUT2D eigenvalue weighted by Crippen LogP contribution is 2.36. The number of nitrogens with zero attached hydrogens (tertiary/aromatic N) is 1. The van der Waals surface area contributed by atoms with E-state index in [1.54, 1.807) is 6.20 Å². The van der Waals surface area contributed by atoms with E-state index in [9.17, 15) is 0 Å². The fraction of sp³-hybridized carbons (Fsp3) is 0.615. The molecule has 1 fully saturated rings. The minimum absolute atomic E-state index is 0.390. The second kappa shape index (κ2) is 5.06. The normalized spacial score (nSPS) is 20.8. The van der Waals surface area contributed by atoms with Gasteiger partial charge in [0.05, 0.1) is 21.8 Å². The van der Waals surface area contributed by atoms with Gasteiger partial charge in [-0.1, -0.05) is 11.6 Å². The van der Waals surface area contributed by atoms with Crippen molar-refractivity contribution in [2.24, 2.45) is 5.73 Å². The van der Waals surface area contributed by atoms with E-state index < -0.39 is 18.3 Å². The first-order valence-electron chi connectivity index (χ1n) is 6.47. The SMILES string of the molecule is CC1(C)OB(c2ncc(CCN)cc2Cl)OC1(C)C. The van der Waals surface area contributed by atoms with Crippen LogP contribution in [0.4, 0.5) is 0 Å². The Balaban J connectivity index is 2.25. The van der Waals surface area contributed by atoms with Crippen LogP contribution in [0.2, 0.25) is 5.02 Å². The molecule has 1 saturated heterocycles. The van der Waals surface area contributed by atoms with Crippen molar-refractivity contribution in [3.05, 3.63) is 22.8 Å². The molecule has 4 nitrogen and oxygen atoms in total. The van der Waals surface area contributed by atoms with Crippen molar-refractivity contribution in [1.82, 2.24) is 4.98 Å². The molecule has 19 heavy (non-hydrogen) atoms. The van der Waals surface area contributed by atoms with Gasteiger partial charge in [0.15, 0.2) is 0 Å². The molecule has 1 aromatic heterocycles. The standard InChI is InChI=1S/C13H20BClN2O2/c1-12(2)13(3,4)19-14(18-12)11-10(15)7-9(5-6-16)8-17-11/h7-8H,5-6,16H2,1-4H3. The Hall–Kier alpha value is -0.615. The summed E-state index contributed by atoms with van der Waals surface area (Å²) in [5, 5.41) is 0.560. The summed E-state index contributed by atoms with van der Waals surface area (Å²) >= 11 is 6.27. The summed E-state index contributed by atoms with van der Waals surface area (Å²) < 4.78 is 11.9. The lowest BCUT2D eigenvalue weighted by Crippen LogP contribution is -2.41. The van der Waals surface area contributed by atoms with Crippen molar-refractivity contribution < 1.29 is 9.31 Å². The molecular weight excluding hydrogens is 262 g/mol. The Kier molecular flexibility index (Phi) is 3.93. The summed E-state index contributed by atoms with van der Waals surface area (Å²) in [6.07, 6.45) is 2.54. The summed E-state index contributed by atoms with van der Waals surface area (Å²) in [6.45, 7) is 8.59. The predicted molar refractivity (Wildman–Crippen MR) is 77.7 cm³/mol. The molecule has 0 radical (unpaired) electrons. The second-order valence-corrected chi connectivity index (χ2v) is 6.24. The monoisotopic (exact) mass is 282 g/mol. The van der Waals surface area contributed by atoms with Gasteiger partial charge in [0, 0.05) is 6.20 Å². The van der Waals surface area contributed by atoms with Crippen LogP contribution >= 0.6 is 11.6 Å². The highest BCUT2D eigenvalue weighted by molar-refractivity contribution is 6.64. The molecule has 1 aliphatic heterocycles. The molecule has 6 heteroatoms. The van der Waals surface area contributed by atoms with E-state index in [1.807, 2.05) is 33.8 Å². The van der Waals surface area contributed by atoms with Gasteiger partial charge in [-0.05, 0) is 52.3 Å². The summed E-state index contributed by atoms with van der Waals surface area (Å²) in [6, 6.07) is 1.88. The molecule has 0 saturated carbocycles. The van der Waals surface area contributed by atoms with Crippen LogP contribution in [0.1, 0.15) is 33.3 Å². The van der Waals surface area contributed by atoms with Crippen molar-refractivity contribution in [3.63, 3.8) is 0 Å². The molecule has 104 valence electrons. The van der Waals surface area contributed by atoms with Crippen LogP contribution in [0.15, 0.2) is 12.3 Å². The Bertz CT molecular complexity index is 464. The summed E-state index contributed by atoms with van der Waals surface area (Å²) in [7, 11) is -0.524. The number of hydrogen-bond donors (Lipinski definition) is 1. The van der Waals surface area contributed by atoms with E-state index in [0.717, 1.165) is 12.0 Å². The molecule has 0 amide bonds. The van der Waals surface area contributed by atoms with E-state index in [4.69, 9.17) is 26.6 Å². The average Bonchev–Trinajstić information content (AvgIpc) is 2.48. The number of halogens is 1. The fourth-order valence-corrected chi connectivity index (χ4v) is 2.20. The lowest BCUT2D eigenvalue weighted by Gasteiger charge is -2.32. The molecule has 2 heterocycles. The van der Waals surface area contributed by atoms with Crippen LogP contribution in [0.25, 0.3) is 0 Å². The number of rotatable bonds is 3. The zero-order valence-electron chi connectivity index (χ0n) is 11.9. The molecule has 1 aromatic rings. The molecule has 0 aliphatic carbocycles. The zero-order valence-corrected chi connectivity index (χ0v) is 12.6. The highest BCUT2D eigenvalue weighted by atomic mass is 35.5. The Labute approximate surface area is 119 Å². The largest absolute Gasteiger partial charge is 0.516 e. The van der Waals surface area contributed by atoms with Crippen molar-refractivity contribution in [1.29, 1.82) is 0 Å². The lowest BCUT2D eigenvalue weighted by molar-refractivity contribution is 0.00578. The van der Waals surface area contributed by atoms with Crippen molar-refractivity contribution >= 4 is 24.3 Å².